The van der Waals surface area contributed by atoms with Gasteiger partial charge < -0.3 is 15.0 Å². The van der Waals surface area contributed by atoms with E-state index in [1.807, 2.05) is 0 Å². The molecule has 21 heavy (non-hydrogen) atoms. The first-order chi connectivity index (χ1) is 9.92. The average Bonchev–Trinajstić information content (AvgIpc) is 2.39. The van der Waals surface area contributed by atoms with Crippen molar-refractivity contribution in [3.63, 3.8) is 0 Å². The second-order valence-electron chi connectivity index (χ2n) is 5.57. The van der Waals surface area contributed by atoms with Gasteiger partial charge in [0.1, 0.15) is 5.75 Å². The molecule has 6 heteroatoms. The number of nitrogens with zero attached hydrogens (tertiary/aromatic N) is 1. The van der Waals surface area contributed by atoms with Crippen LogP contribution in [0.1, 0.15) is 18.4 Å². The van der Waals surface area contributed by atoms with Gasteiger partial charge in [-0.15, -0.1) is 13.2 Å². The fourth-order valence-electron chi connectivity index (χ4n) is 2.54. The lowest BCUT2D eigenvalue weighted by atomic mass is 9.97. The van der Waals surface area contributed by atoms with E-state index < -0.39 is 6.36 Å². The van der Waals surface area contributed by atoms with E-state index in [1.165, 1.54) is 25.0 Å². The van der Waals surface area contributed by atoms with Crippen molar-refractivity contribution in [1.29, 1.82) is 0 Å². The molecule has 1 saturated heterocycles. The molecule has 0 bridgehead atoms. The van der Waals surface area contributed by atoms with Crippen LogP contribution in [0.15, 0.2) is 24.3 Å². The third kappa shape index (κ3) is 5.93. The Hall–Kier alpha value is -1.27. The molecular weight excluding hydrogens is 281 g/mol. The van der Waals surface area contributed by atoms with Crippen molar-refractivity contribution < 1.29 is 17.9 Å². The summed E-state index contributed by atoms with van der Waals surface area (Å²) < 4.78 is 40.4. The Kier molecular flexibility index (Phi) is 5.47. The number of piperidine rings is 1. The smallest absolute Gasteiger partial charge is 0.406 e. The van der Waals surface area contributed by atoms with Crippen LogP contribution in [0.5, 0.6) is 5.75 Å². The van der Waals surface area contributed by atoms with Crippen LogP contribution in [-0.4, -0.2) is 37.9 Å². The number of likely N-dealkylation sites (tertiary alicyclic amines) is 1. The van der Waals surface area contributed by atoms with Crippen molar-refractivity contribution in [2.45, 2.75) is 25.7 Å². The lowest BCUT2D eigenvalue weighted by Crippen LogP contribution is -2.34. The number of rotatable bonds is 5. The summed E-state index contributed by atoms with van der Waals surface area (Å²) in [5.41, 5.74) is 0.796. The molecule has 0 radical (unpaired) electrons. The highest BCUT2D eigenvalue weighted by Crippen LogP contribution is 2.23. The molecule has 1 aliphatic heterocycles. The predicted octanol–water partition coefficient (Wildman–Crippen LogP) is 3.02. The standard InChI is InChI=1S/C15H21F3N2O/c1-20-7-5-12(6-8-20)10-19-11-13-3-2-4-14(9-13)21-15(16,17)18/h2-4,9,12,19H,5-8,10-11H2,1H3. The zero-order chi connectivity index (χ0) is 15.3. The van der Waals surface area contributed by atoms with Crippen LogP contribution < -0.4 is 10.1 Å². The molecule has 1 fully saturated rings. The van der Waals surface area contributed by atoms with Gasteiger partial charge in [0, 0.05) is 6.54 Å². The van der Waals surface area contributed by atoms with E-state index in [0.717, 1.165) is 25.2 Å². The van der Waals surface area contributed by atoms with Crippen molar-refractivity contribution in [3.8, 4) is 5.75 Å². The molecule has 118 valence electrons. The predicted molar refractivity (Wildman–Crippen MR) is 75.1 cm³/mol. The topological polar surface area (TPSA) is 24.5 Å². The number of nitrogens with one attached hydrogen (secondary N) is 1. The van der Waals surface area contributed by atoms with Crippen molar-refractivity contribution in [3.05, 3.63) is 29.8 Å². The van der Waals surface area contributed by atoms with Crippen molar-refractivity contribution in [2.75, 3.05) is 26.7 Å². The molecule has 0 atom stereocenters. The lowest BCUT2D eigenvalue weighted by molar-refractivity contribution is -0.274. The Bertz CT molecular complexity index is 443. The van der Waals surface area contributed by atoms with Gasteiger partial charge in [0.05, 0.1) is 0 Å². The molecule has 1 aromatic carbocycles. The Balaban J connectivity index is 1.77. The molecule has 0 aliphatic carbocycles. The van der Waals surface area contributed by atoms with Gasteiger partial charge >= 0.3 is 6.36 Å². The minimum absolute atomic E-state index is 0.166. The first-order valence-corrected chi connectivity index (χ1v) is 7.16. The number of hydrogen-bond donors (Lipinski definition) is 1. The molecule has 3 nitrogen and oxygen atoms in total. The van der Waals surface area contributed by atoms with E-state index in [4.69, 9.17) is 0 Å². The van der Waals surface area contributed by atoms with Crippen LogP contribution in [0.3, 0.4) is 0 Å². The zero-order valence-corrected chi connectivity index (χ0v) is 12.1. The van der Waals surface area contributed by atoms with Crippen molar-refractivity contribution in [1.82, 2.24) is 10.2 Å². The number of halogens is 3. The van der Waals surface area contributed by atoms with E-state index in [0.29, 0.717) is 12.5 Å². The maximum atomic E-state index is 12.2. The zero-order valence-electron chi connectivity index (χ0n) is 12.1. The van der Waals surface area contributed by atoms with E-state index >= 15 is 0 Å². The number of hydrogen-bond acceptors (Lipinski definition) is 3. The summed E-state index contributed by atoms with van der Waals surface area (Å²) in [6, 6.07) is 6.11. The number of alkyl halides is 3. The highest BCUT2D eigenvalue weighted by Gasteiger charge is 2.31. The van der Waals surface area contributed by atoms with E-state index in [9.17, 15) is 13.2 Å². The molecule has 0 aromatic heterocycles. The van der Waals surface area contributed by atoms with Crippen LogP contribution in [-0.2, 0) is 6.54 Å². The van der Waals surface area contributed by atoms with Crippen LogP contribution in [0.25, 0.3) is 0 Å². The van der Waals surface area contributed by atoms with E-state index in [1.54, 1.807) is 12.1 Å². The van der Waals surface area contributed by atoms with E-state index in [-0.39, 0.29) is 5.75 Å². The highest BCUT2D eigenvalue weighted by molar-refractivity contribution is 5.28. The fraction of sp³-hybridized carbons (Fsp3) is 0.600. The molecule has 0 spiro atoms. The quantitative estimate of drug-likeness (QED) is 0.905. The largest absolute Gasteiger partial charge is 0.573 e. The van der Waals surface area contributed by atoms with Gasteiger partial charge in [0.2, 0.25) is 0 Å². The lowest BCUT2D eigenvalue weighted by Gasteiger charge is -2.29. The van der Waals surface area contributed by atoms with Crippen LogP contribution in [0.2, 0.25) is 0 Å². The molecule has 0 amide bonds. The van der Waals surface area contributed by atoms with Crippen molar-refractivity contribution >= 4 is 0 Å². The van der Waals surface area contributed by atoms with Crippen LogP contribution in [0, 0.1) is 5.92 Å². The Labute approximate surface area is 123 Å². The molecule has 2 rings (SSSR count). The number of benzene rings is 1. The van der Waals surface area contributed by atoms with Gasteiger partial charge in [-0.3, -0.25) is 0 Å². The monoisotopic (exact) mass is 302 g/mol. The Morgan fingerprint density at radius 3 is 2.67 bits per heavy atom. The summed E-state index contributed by atoms with van der Waals surface area (Å²) in [6.45, 7) is 3.68. The SMILES string of the molecule is CN1CCC(CNCc2cccc(OC(F)(F)F)c2)CC1. The molecule has 0 saturated carbocycles. The molecule has 1 heterocycles. The van der Waals surface area contributed by atoms with Crippen molar-refractivity contribution in [2.24, 2.45) is 5.92 Å². The summed E-state index contributed by atoms with van der Waals surface area (Å²) in [5.74, 6) is 0.483. The fourth-order valence-corrected chi connectivity index (χ4v) is 2.54. The normalized spacial score (nSPS) is 17.9. The average molecular weight is 302 g/mol. The number of ether oxygens (including phenoxy) is 1. The van der Waals surface area contributed by atoms with Gasteiger partial charge in [0.25, 0.3) is 0 Å². The molecule has 1 aromatic rings. The second kappa shape index (κ2) is 7.13. The molecule has 1 N–H and O–H groups in total. The highest BCUT2D eigenvalue weighted by atomic mass is 19.4. The summed E-state index contributed by atoms with van der Waals surface area (Å²) in [5, 5.41) is 3.32. The van der Waals surface area contributed by atoms with Gasteiger partial charge in [0.15, 0.2) is 0 Å². The third-order valence-corrected chi connectivity index (χ3v) is 3.73. The van der Waals surface area contributed by atoms with Gasteiger partial charge in [-0.25, -0.2) is 0 Å². The van der Waals surface area contributed by atoms with Crippen LogP contribution >= 0.6 is 0 Å². The molecule has 1 aliphatic rings. The first-order valence-electron chi connectivity index (χ1n) is 7.16. The second-order valence-corrected chi connectivity index (χ2v) is 5.57. The van der Waals surface area contributed by atoms with Gasteiger partial charge in [-0.05, 0) is 63.1 Å². The van der Waals surface area contributed by atoms with Crippen LogP contribution in [0.4, 0.5) is 13.2 Å². The Morgan fingerprint density at radius 1 is 1.29 bits per heavy atom. The maximum Gasteiger partial charge on any atom is 0.573 e. The molecule has 0 unspecified atom stereocenters. The maximum absolute atomic E-state index is 12.2. The summed E-state index contributed by atoms with van der Waals surface area (Å²) in [7, 11) is 2.12. The Morgan fingerprint density at radius 2 is 2.00 bits per heavy atom. The minimum Gasteiger partial charge on any atom is -0.406 e. The third-order valence-electron chi connectivity index (χ3n) is 3.73. The summed E-state index contributed by atoms with van der Waals surface area (Å²) >= 11 is 0. The van der Waals surface area contributed by atoms with E-state index in [2.05, 4.69) is 22.0 Å². The minimum atomic E-state index is -4.64. The first kappa shape index (κ1) is 16.1. The van der Waals surface area contributed by atoms with Gasteiger partial charge in [-0.1, -0.05) is 12.1 Å². The molecular formula is C15H21F3N2O. The van der Waals surface area contributed by atoms with Gasteiger partial charge in [-0.2, -0.15) is 0 Å². The summed E-state index contributed by atoms with van der Waals surface area (Å²) in [4.78, 5) is 2.31. The summed E-state index contributed by atoms with van der Waals surface area (Å²) in [6.07, 6.45) is -2.30.